The Morgan fingerprint density at radius 1 is 0.769 bits per heavy atom. The van der Waals surface area contributed by atoms with Gasteiger partial charge in [-0.1, -0.05) is 52.0 Å². The number of aliphatic hydroxyl groups excluding tert-OH is 4. The lowest BCUT2D eigenvalue weighted by atomic mass is 9.76. The first-order valence-electron chi connectivity index (χ1n) is 16.8. The summed E-state index contributed by atoms with van der Waals surface area (Å²) in [5.74, 6) is -10.1. The fraction of sp³-hybridized carbons (Fsp3) is 0.500. The van der Waals surface area contributed by atoms with Gasteiger partial charge < -0.3 is 40.3 Å². The van der Waals surface area contributed by atoms with Gasteiger partial charge in [-0.25, -0.2) is 0 Å². The topological polar surface area (TPSA) is 217 Å². The molecule has 52 heavy (non-hydrogen) atoms. The van der Waals surface area contributed by atoms with Crippen LogP contribution in [0.3, 0.4) is 0 Å². The van der Waals surface area contributed by atoms with Crippen LogP contribution in [0.2, 0.25) is 0 Å². The molecule has 0 saturated carbocycles. The molecule has 2 aliphatic heterocycles. The van der Waals surface area contributed by atoms with Gasteiger partial charge in [0.2, 0.25) is 11.6 Å². The number of phenolic OH excluding ortho intramolecular Hbond substituents is 1. The molecule has 1 amide bonds. The van der Waals surface area contributed by atoms with Crippen LogP contribution in [0.1, 0.15) is 78.2 Å². The van der Waals surface area contributed by atoms with Crippen molar-refractivity contribution in [2.24, 2.45) is 29.6 Å². The number of carbonyl (C=O) groups excluding carboxylic acids is 5. The summed E-state index contributed by atoms with van der Waals surface area (Å²) in [4.78, 5) is 68.5. The number of methoxy groups -OCH3 is 2. The van der Waals surface area contributed by atoms with Crippen LogP contribution < -0.4 is 10.1 Å². The van der Waals surface area contributed by atoms with Crippen LogP contribution in [0.15, 0.2) is 46.1 Å². The lowest BCUT2D eigenvalue weighted by Crippen LogP contribution is -2.50. The second kappa shape index (κ2) is 17.2. The number of amides is 1. The quantitative estimate of drug-likeness (QED) is 0.246. The van der Waals surface area contributed by atoms with Crippen LogP contribution in [-0.2, 0) is 14.3 Å². The second-order valence-corrected chi connectivity index (χ2v) is 14.3. The van der Waals surface area contributed by atoms with Crippen LogP contribution >= 0.6 is 11.8 Å². The Hall–Kier alpha value is -4.08. The number of ether oxygens (including phenoxy) is 2. The normalized spacial score (nSPS) is 32.4. The van der Waals surface area contributed by atoms with E-state index in [1.54, 1.807) is 19.9 Å². The summed E-state index contributed by atoms with van der Waals surface area (Å²) in [6, 6.07) is 0. The lowest BCUT2D eigenvalue weighted by molar-refractivity contribution is -0.164. The SMILES string of the molecule is COC(=O)[C@H]1[C@H](O)[C@H](C)[C@@H](O)[C@@H](C)/C=C(\C)C(=O)c2c(OC)c(C)c(O)c3c2C(=O)C(SC)=C(NC(=O)/C(C)=C/C=C\[C@@H](C)[C@@H](O)[C@@H](C)[C@H]1O)C3=O. The molecule has 2 heterocycles. The molecule has 4 rings (SSSR count). The number of thioether (sulfide) groups is 1. The van der Waals surface area contributed by atoms with E-state index in [0.717, 1.165) is 18.9 Å². The molecule has 0 fully saturated rings. The van der Waals surface area contributed by atoms with Gasteiger partial charge in [-0.3, -0.25) is 24.0 Å². The molecule has 0 unspecified atom stereocenters. The van der Waals surface area contributed by atoms with Crippen molar-refractivity contribution in [2.75, 3.05) is 20.5 Å². The van der Waals surface area contributed by atoms with Crippen LogP contribution in [0.25, 0.3) is 0 Å². The number of Topliss-reactive ketones (excluding diaryl/α,β-unsaturated/α-hetero) is 3. The number of nitrogens with one attached hydrogen (secondary N) is 1. The molecule has 3 aliphatic rings. The summed E-state index contributed by atoms with van der Waals surface area (Å²) >= 11 is 0.868. The van der Waals surface area contributed by atoms with Crippen LogP contribution in [-0.4, -0.2) is 99.7 Å². The molecule has 1 aromatic carbocycles. The average molecular weight is 744 g/mol. The lowest BCUT2D eigenvalue weighted by Gasteiger charge is -2.37. The summed E-state index contributed by atoms with van der Waals surface area (Å²) in [5.41, 5.74) is -1.48. The van der Waals surface area contributed by atoms with Gasteiger partial charge in [0.1, 0.15) is 23.1 Å². The predicted molar refractivity (Wildman–Crippen MR) is 194 cm³/mol. The number of phenols is 1. The monoisotopic (exact) mass is 743 g/mol. The Morgan fingerprint density at radius 2 is 1.33 bits per heavy atom. The molecule has 0 aromatic heterocycles. The molecular formula is C38H49NO12S. The molecule has 14 heteroatoms. The van der Waals surface area contributed by atoms with E-state index in [4.69, 9.17) is 9.47 Å². The highest BCUT2D eigenvalue weighted by atomic mass is 32.2. The van der Waals surface area contributed by atoms with Gasteiger partial charge >= 0.3 is 5.97 Å². The molecule has 1 aliphatic carbocycles. The minimum Gasteiger partial charge on any atom is -0.507 e. The number of allylic oxidation sites excluding steroid dienone is 5. The first kappa shape index (κ1) is 42.3. The number of fused-ring (bicyclic) bond motifs is 15. The van der Waals surface area contributed by atoms with Gasteiger partial charge in [-0.15, -0.1) is 11.8 Å². The van der Waals surface area contributed by atoms with Crippen LogP contribution in [0.4, 0.5) is 0 Å². The number of hydrogen-bond acceptors (Lipinski definition) is 13. The third-order valence-electron chi connectivity index (χ3n) is 10.1. The van der Waals surface area contributed by atoms with E-state index in [9.17, 15) is 49.5 Å². The maximum absolute atomic E-state index is 14.2. The van der Waals surface area contributed by atoms with Gasteiger partial charge in [0.15, 0.2) is 5.78 Å². The van der Waals surface area contributed by atoms with Crippen molar-refractivity contribution >= 4 is 41.0 Å². The smallest absolute Gasteiger partial charge is 0.313 e. The molecule has 9 atom stereocenters. The molecule has 0 radical (unpaired) electrons. The standard InChI is InChI=1S/C38H49NO12S/c1-15-12-11-13-16(2)37(48)39-26-33(46)23-22(34(47)36(26)52-10)24(35(50-8)21(7)32(23)45)29(42)18(4)14-17(3)28(41)20(6)31(44)25(38(49)51-9)30(43)19(5)27(15)40/h11-15,17,19-20,25,27-28,30-31,40-41,43-45H,1-10H3,(H,39,48)/b12-11-,16-13+,18-14+/t15-,17+,19-,20-,25-,27-,28+,30-,31-/m1/s1. The fourth-order valence-corrected chi connectivity index (χ4v) is 7.33. The largest absolute Gasteiger partial charge is 0.507 e. The zero-order valence-corrected chi connectivity index (χ0v) is 31.8. The van der Waals surface area contributed by atoms with E-state index in [0.29, 0.717) is 0 Å². The summed E-state index contributed by atoms with van der Waals surface area (Å²) in [7, 11) is 2.32. The highest BCUT2D eigenvalue weighted by Gasteiger charge is 2.45. The number of carbonyl (C=O) groups is 5. The average Bonchev–Trinajstić information content (AvgIpc) is 3.11. The predicted octanol–water partition coefficient (Wildman–Crippen LogP) is 3.20. The summed E-state index contributed by atoms with van der Waals surface area (Å²) < 4.78 is 10.4. The number of aliphatic hydroxyl groups is 4. The van der Waals surface area contributed by atoms with Gasteiger partial charge in [-0.05, 0) is 32.6 Å². The van der Waals surface area contributed by atoms with E-state index < -0.39 is 100 Å². The molecule has 6 N–H and O–H groups in total. The highest BCUT2D eigenvalue weighted by Crippen LogP contribution is 2.45. The maximum atomic E-state index is 14.2. The number of benzene rings is 1. The second-order valence-electron chi connectivity index (χ2n) is 13.5. The summed E-state index contributed by atoms with van der Waals surface area (Å²) in [5, 5.41) is 59.0. The number of rotatable bonds is 3. The van der Waals surface area contributed by atoms with Gasteiger partial charge in [-0.2, -0.15) is 0 Å². The maximum Gasteiger partial charge on any atom is 0.313 e. The summed E-state index contributed by atoms with van der Waals surface area (Å²) in [6.07, 6.45) is 1.41. The first-order valence-corrected chi connectivity index (χ1v) is 18.0. The Labute approximate surface area is 307 Å². The number of hydrogen-bond donors (Lipinski definition) is 6. The molecule has 1 aromatic rings. The van der Waals surface area contributed by atoms with Crippen molar-refractivity contribution in [3.63, 3.8) is 0 Å². The van der Waals surface area contributed by atoms with Crippen molar-refractivity contribution in [3.8, 4) is 11.5 Å². The first-order chi connectivity index (χ1) is 24.3. The van der Waals surface area contributed by atoms with Crippen molar-refractivity contribution in [1.29, 1.82) is 0 Å². The van der Waals surface area contributed by atoms with Crippen molar-refractivity contribution in [3.05, 3.63) is 68.3 Å². The number of aromatic hydroxyl groups is 1. The zero-order valence-electron chi connectivity index (χ0n) is 31.0. The number of ketones is 3. The van der Waals surface area contributed by atoms with E-state index in [2.05, 4.69) is 5.32 Å². The van der Waals surface area contributed by atoms with E-state index in [-0.39, 0.29) is 38.6 Å². The third-order valence-corrected chi connectivity index (χ3v) is 10.9. The minimum absolute atomic E-state index is 0.00802. The minimum atomic E-state index is -1.67. The van der Waals surface area contributed by atoms with Gasteiger partial charge in [0.05, 0.1) is 60.2 Å². The summed E-state index contributed by atoms with van der Waals surface area (Å²) in [6.45, 7) is 10.4. The Kier molecular flexibility index (Phi) is 14.0. The molecular weight excluding hydrogens is 694 g/mol. The Morgan fingerprint density at radius 3 is 1.85 bits per heavy atom. The van der Waals surface area contributed by atoms with Crippen molar-refractivity contribution in [2.45, 2.75) is 72.9 Å². The van der Waals surface area contributed by atoms with Gasteiger partial charge in [0.25, 0.3) is 5.91 Å². The van der Waals surface area contributed by atoms with E-state index in [1.807, 2.05) is 0 Å². The number of esters is 1. The van der Waals surface area contributed by atoms with Crippen molar-refractivity contribution in [1.82, 2.24) is 5.32 Å². The zero-order chi connectivity index (χ0) is 39.5. The molecule has 284 valence electrons. The highest BCUT2D eigenvalue weighted by molar-refractivity contribution is 8.03. The Balaban J connectivity index is 2.34. The molecule has 4 bridgehead atoms. The van der Waals surface area contributed by atoms with Gasteiger partial charge in [0, 0.05) is 34.8 Å². The van der Waals surface area contributed by atoms with E-state index >= 15 is 0 Å². The van der Waals surface area contributed by atoms with Crippen LogP contribution in [0.5, 0.6) is 11.5 Å². The molecule has 0 saturated heterocycles. The molecule has 0 spiro atoms. The van der Waals surface area contributed by atoms with Crippen molar-refractivity contribution < 1.29 is 59.0 Å². The van der Waals surface area contributed by atoms with E-state index in [1.165, 1.54) is 66.2 Å². The molecule has 13 nitrogen and oxygen atoms in total. The van der Waals surface area contributed by atoms with Crippen LogP contribution in [0, 0.1) is 36.5 Å². The fourth-order valence-electron chi connectivity index (χ4n) is 6.70. The third kappa shape index (κ3) is 7.96. The Bertz CT molecular complexity index is 1760.